The van der Waals surface area contributed by atoms with Gasteiger partial charge in [0.2, 0.25) is 11.8 Å². The molecule has 21 heavy (non-hydrogen) atoms. The van der Waals surface area contributed by atoms with Crippen LogP contribution in [0.25, 0.3) is 0 Å². The van der Waals surface area contributed by atoms with E-state index in [1.165, 1.54) is 0 Å². The maximum Gasteiger partial charge on any atom is 0.225 e. The van der Waals surface area contributed by atoms with Crippen molar-refractivity contribution in [2.45, 2.75) is 19.4 Å². The lowest BCUT2D eigenvalue weighted by atomic mass is 10.0. The fourth-order valence-corrected chi connectivity index (χ4v) is 2.53. The second-order valence-electron chi connectivity index (χ2n) is 5.34. The number of hydrogen-bond donors (Lipinski definition) is 2. The average molecular weight is 290 g/mol. The van der Waals surface area contributed by atoms with E-state index >= 15 is 0 Å². The molecule has 1 aromatic carbocycles. The van der Waals surface area contributed by atoms with Crippen molar-refractivity contribution in [2.24, 2.45) is 5.92 Å². The molecule has 0 radical (unpaired) electrons. The smallest absolute Gasteiger partial charge is 0.225 e. The maximum absolute atomic E-state index is 12.1. The maximum atomic E-state index is 12.1. The van der Waals surface area contributed by atoms with Gasteiger partial charge in [0.15, 0.2) is 11.5 Å². The van der Waals surface area contributed by atoms with Gasteiger partial charge in [-0.05, 0) is 24.6 Å². The van der Waals surface area contributed by atoms with Gasteiger partial charge < -0.3 is 20.1 Å². The van der Waals surface area contributed by atoms with Crippen molar-refractivity contribution in [3.63, 3.8) is 0 Å². The second-order valence-corrected chi connectivity index (χ2v) is 5.34. The van der Waals surface area contributed by atoms with Crippen LogP contribution < -0.4 is 20.1 Å². The molecule has 0 saturated carbocycles. The van der Waals surface area contributed by atoms with Crippen LogP contribution in [-0.4, -0.2) is 31.6 Å². The number of hydrogen-bond acceptors (Lipinski definition) is 4. The first-order chi connectivity index (χ1) is 10.1. The van der Waals surface area contributed by atoms with Gasteiger partial charge >= 0.3 is 0 Å². The van der Waals surface area contributed by atoms with Crippen LogP contribution in [-0.2, 0) is 9.59 Å². The van der Waals surface area contributed by atoms with Gasteiger partial charge in [-0.25, -0.2) is 0 Å². The minimum atomic E-state index is -0.280. The summed E-state index contributed by atoms with van der Waals surface area (Å²) in [5.74, 6) is 0.988. The van der Waals surface area contributed by atoms with Crippen LogP contribution in [0, 0.1) is 5.92 Å². The quantitative estimate of drug-likeness (QED) is 0.862. The highest BCUT2D eigenvalue weighted by Gasteiger charge is 2.28. The molecule has 6 heteroatoms. The predicted molar refractivity (Wildman–Crippen MR) is 75.1 cm³/mol. The molecule has 1 fully saturated rings. The van der Waals surface area contributed by atoms with Gasteiger partial charge in [-0.2, -0.15) is 0 Å². The molecule has 0 aliphatic carbocycles. The molecule has 0 aromatic heterocycles. The highest BCUT2D eigenvalue weighted by atomic mass is 16.6. The standard InChI is InChI=1S/C15H18N2O4/c1-9(17-15(19)11-7-14(18)16-8-11)10-2-3-12-13(6-10)21-5-4-20-12/h2-3,6,9,11H,4-5,7-8H2,1H3,(H,16,18)(H,17,19). The van der Waals surface area contributed by atoms with E-state index in [-0.39, 0.29) is 30.2 Å². The van der Waals surface area contributed by atoms with Crippen LogP contribution in [0.3, 0.4) is 0 Å². The molecule has 2 N–H and O–H groups in total. The summed E-state index contributed by atoms with van der Waals surface area (Å²) in [6, 6.07) is 5.50. The van der Waals surface area contributed by atoms with E-state index in [1.807, 2.05) is 25.1 Å². The van der Waals surface area contributed by atoms with Crippen LogP contribution in [0.1, 0.15) is 24.9 Å². The zero-order valence-corrected chi connectivity index (χ0v) is 11.8. The molecule has 112 valence electrons. The third kappa shape index (κ3) is 2.94. The molecule has 1 aromatic rings. The Balaban J connectivity index is 1.66. The van der Waals surface area contributed by atoms with E-state index in [4.69, 9.17) is 9.47 Å². The van der Waals surface area contributed by atoms with Gasteiger partial charge in [-0.3, -0.25) is 9.59 Å². The summed E-state index contributed by atoms with van der Waals surface area (Å²) < 4.78 is 11.0. The Hall–Kier alpha value is -2.24. The van der Waals surface area contributed by atoms with Crippen LogP contribution >= 0.6 is 0 Å². The number of carbonyl (C=O) groups excluding carboxylic acids is 2. The first-order valence-electron chi connectivity index (χ1n) is 7.10. The molecule has 2 unspecified atom stereocenters. The van der Waals surface area contributed by atoms with E-state index in [1.54, 1.807) is 0 Å². The van der Waals surface area contributed by atoms with Crippen molar-refractivity contribution >= 4 is 11.8 Å². The minimum absolute atomic E-state index is 0.0675. The lowest BCUT2D eigenvalue weighted by Gasteiger charge is -2.21. The van der Waals surface area contributed by atoms with E-state index < -0.39 is 0 Å². The fourth-order valence-electron chi connectivity index (χ4n) is 2.53. The summed E-state index contributed by atoms with van der Waals surface area (Å²) >= 11 is 0. The second kappa shape index (κ2) is 5.63. The van der Waals surface area contributed by atoms with E-state index in [2.05, 4.69) is 10.6 Å². The molecule has 1 saturated heterocycles. The zero-order valence-electron chi connectivity index (χ0n) is 11.8. The van der Waals surface area contributed by atoms with Crippen LogP contribution in [0.15, 0.2) is 18.2 Å². The van der Waals surface area contributed by atoms with Gasteiger partial charge in [-0.1, -0.05) is 6.07 Å². The normalized spacial score (nSPS) is 21.6. The van der Waals surface area contributed by atoms with Crippen molar-refractivity contribution < 1.29 is 19.1 Å². The van der Waals surface area contributed by atoms with Crippen LogP contribution in [0.5, 0.6) is 11.5 Å². The highest BCUT2D eigenvalue weighted by Crippen LogP contribution is 2.32. The van der Waals surface area contributed by atoms with Gasteiger partial charge in [0.1, 0.15) is 13.2 Å². The van der Waals surface area contributed by atoms with Gasteiger partial charge in [0.05, 0.1) is 12.0 Å². The molecular formula is C15H18N2O4. The molecule has 0 bridgehead atoms. The minimum Gasteiger partial charge on any atom is -0.486 e. The van der Waals surface area contributed by atoms with Crippen LogP contribution in [0.2, 0.25) is 0 Å². The topological polar surface area (TPSA) is 76.7 Å². The van der Waals surface area contributed by atoms with Crippen molar-refractivity contribution in [1.82, 2.24) is 10.6 Å². The Morgan fingerprint density at radius 2 is 2.10 bits per heavy atom. The lowest BCUT2D eigenvalue weighted by Crippen LogP contribution is -2.33. The molecule has 2 amide bonds. The number of rotatable bonds is 3. The number of amides is 2. The highest BCUT2D eigenvalue weighted by molar-refractivity contribution is 5.89. The lowest BCUT2D eigenvalue weighted by molar-refractivity contribution is -0.127. The van der Waals surface area contributed by atoms with Gasteiger partial charge in [0, 0.05) is 13.0 Å². The van der Waals surface area contributed by atoms with E-state index in [9.17, 15) is 9.59 Å². The summed E-state index contributed by atoms with van der Waals surface area (Å²) in [5, 5.41) is 5.61. The van der Waals surface area contributed by atoms with Crippen molar-refractivity contribution in [2.75, 3.05) is 19.8 Å². The van der Waals surface area contributed by atoms with Crippen molar-refractivity contribution in [3.05, 3.63) is 23.8 Å². The van der Waals surface area contributed by atoms with Crippen LogP contribution in [0.4, 0.5) is 0 Å². The SMILES string of the molecule is CC(NC(=O)C1CNC(=O)C1)c1ccc2c(c1)OCCO2. The first-order valence-corrected chi connectivity index (χ1v) is 7.10. The van der Waals surface area contributed by atoms with Gasteiger partial charge in [-0.15, -0.1) is 0 Å². The zero-order chi connectivity index (χ0) is 14.8. The fraction of sp³-hybridized carbons (Fsp3) is 0.467. The Morgan fingerprint density at radius 1 is 1.33 bits per heavy atom. The predicted octanol–water partition coefficient (Wildman–Crippen LogP) is 0.771. The third-order valence-corrected chi connectivity index (χ3v) is 3.77. The summed E-state index contributed by atoms with van der Waals surface area (Å²) in [7, 11) is 0. The molecule has 3 rings (SSSR count). The number of fused-ring (bicyclic) bond motifs is 1. The summed E-state index contributed by atoms with van der Waals surface area (Å²) in [5.41, 5.74) is 0.949. The Morgan fingerprint density at radius 3 is 2.81 bits per heavy atom. The van der Waals surface area contributed by atoms with Gasteiger partial charge in [0.25, 0.3) is 0 Å². The number of nitrogens with one attached hydrogen (secondary N) is 2. The molecule has 2 atom stereocenters. The summed E-state index contributed by atoms with van der Waals surface area (Å²) in [4.78, 5) is 23.3. The Kier molecular flexibility index (Phi) is 3.68. The van der Waals surface area contributed by atoms with E-state index in [0.717, 1.165) is 11.3 Å². The average Bonchev–Trinajstić information content (AvgIpc) is 2.93. The van der Waals surface area contributed by atoms with E-state index in [0.29, 0.717) is 25.5 Å². The molecule has 2 heterocycles. The monoisotopic (exact) mass is 290 g/mol. The largest absolute Gasteiger partial charge is 0.486 e. The number of ether oxygens (including phenoxy) is 2. The summed E-state index contributed by atoms with van der Waals surface area (Å²) in [6.07, 6.45) is 0.264. The Labute approximate surface area is 122 Å². The van der Waals surface area contributed by atoms with Crippen molar-refractivity contribution in [1.29, 1.82) is 0 Å². The Bertz CT molecular complexity index is 573. The summed E-state index contributed by atoms with van der Waals surface area (Å²) in [6.45, 7) is 3.42. The molecular weight excluding hydrogens is 272 g/mol. The third-order valence-electron chi connectivity index (χ3n) is 3.77. The van der Waals surface area contributed by atoms with Crippen molar-refractivity contribution in [3.8, 4) is 11.5 Å². The molecule has 0 spiro atoms. The number of benzene rings is 1. The molecule has 2 aliphatic heterocycles. The molecule has 2 aliphatic rings. The molecule has 6 nitrogen and oxygen atoms in total. The number of carbonyl (C=O) groups is 2. The first kappa shape index (κ1) is 13.7.